The van der Waals surface area contributed by atoms with Crippen molar-refractivity contribution in [3.8, 4) is 17.2 Å². The molecule has 9 heteroatoms. The Kier molecular flexibility index (Phi) is 6.96. The fourth-order valence-electron chi connectivity index (χ4n) is 3.03. The zero-order valence-electron chi connectivity index (χ0n) is 17.3. The van der Waals surface area contributed by atoms with E-state index in [1.165, 1.54) is 7.05 Å². The van der Waals surface area contributed by atoms with Gasteiger partial charge in [0.15, 0.2) is 17.1 Å². The molecule has 2 aliphatic rings. The number of sulfonamides is 1. The normalized spacial score (nSPS) is 20.2. The zero-order chi connectivity index (χ0) is 21.6. The lowest BCUT2D eigenvalue weighted by molar-refractivity contribution is -0.0237. The van der Waals surface area contributed by atoms with Crippen LogP contribution in [0.2, 0.25) is 0 Å². The molecule has 0 aromatic heterocycles. The molecule has 4 rings (SSSR count). The van der Waals surface area contributed by atoms with Crippen molar-refractivity contribution >= 4 is 15.7 Å². The second-order valence-corrected chi connectivity index (χ2v) is 9.00. The third kappa shape index (κ3) is 5.71. The summed E-state index contributed by atoms with van der Waals surface area (Å²) in [7, 11) is 0.0912. The van der Waals surface area contributed by atoms with E-state index in [1.54, 1.807) is 7.11 Å². The van der Waals surface area contributed by atoms with Gasteiger partial charge in [0, 0.05) is 18.4 Å². The molecule has 1 saturated heterocycles. The van der Waals surface area contributed by atoms with E-state index in [4.69, 9.17) is 19.0 Å². The number of hydrogen-bond donors (Lipinski definition) is 1. The van der Waals surface area contributed by atoms with Gasteiger partial charge < -0.3 is 19.0 Å². The van der Waals surface area contributed by atoms with Crippen molar-refractivity contribution in [1.82, 2.24) is 4.72 Å². The average molecular weight is 435 g/mol. The number of benzene rings is 2. The van der Waals surface area contributed by atoms with E-state index in [9.17, 15) is 8.42 Å². The molecule has 2 aliphatic heterocycles. The van der Waals surface area contributed by atoms with Gasteiger partial charge in [-0.2, -0.15) is 0 Å². The van der Waals surface area contributed by atoms with Gasteiger partial charge in [-0.15, -0.1) is 0 Å². The number of hydrogen-bond acceptors (Lipinski definition) is 7. The van der Waals surface area contributed by atoms with Gasteiger partial charge in [-0.25, -0.2) is 13.1 Å². The maximum Gasteiger partial charge on any atom is 0.208 e. The predicted octanol–water partition coefficient (Wildman–Crippen LogP) is 2.94. The minimum absolute atomic E-state index is 0.282. The van der Waals surface area contributed by atoms with E-state index in [-0.39, 0.29) is 5.60 Å². The number of nitrogens with one attached hydrogen (secondary N) is 1. The number of para-hydroxylation sites is 1. The Morgan fingerprint density at radius 2 is 1.87 bits per heavy atom. The first kappa shape index (κ1) is 22.1. The van der Waals surface area contributed by atoms with Crippen molar-refractivity contribution in [2.45, 2.75) is 18.4 Å². The molecule has 0 amide bonds. The van der Waals surface area contributed by atoms with Crippen LogP contribution < -0.4 is 14.2 Å². The molecule has 1 unspecified atom stereocenters. The highest BCUT2D eigenvalue weighted by atomic mass is 32.2. The highest BCUT2D eigenvalue weighted by Crippen LogP contribution is 2.37. The Morgan fingerprint density at radius 3 is 2.47 bits per heavy atom. The Bertz CT molecular complexity index is 986. The van der Waals surface area contributed by atoms with E-state index in [0.29, 0.717) is 18.1 Å². The van der Waals surface area contributed by atoms with Crippen LogP contribution in [-0.2, 0) is 19.6 Å². The number of nitrogens with zero attached hydrogens (tertiary/aromatic N) is 1. The smallest absolute Gasteiger partial charge is 0.208 e. The standard InChI is InChI=1S/C19H19NO4.C2H7NO2S/c1-21-17-8-7-14(11-18(17)23-15-5-3-2-4-6-15)16-12-19(24-20-16)9-10-22-13-19;1-3-6(2,4)5/h2-8,11H,9-10,12-13H2,1H3;3H,1-2H3. The number of oxime groups is 1. The molecule has 1 atom stereocenters. The molecule has 1 N–H and O–H groups in total. The summed E-state index contributed by atoms with van der Waals surface area (Å²) in [6.07, 6.45) is 2.74. The number of rotatable bonds is 5. The minimum Gasteiger partial charge on any atom is -0.493 e. The second kappa shape index (κ2) is 9.46. The molecular formula is C21H26N2O6S. The van der Waals surface area contributed by atoms with Gasteiger partial charge in [0.25, 0.3) is 0 Å². The lowest BCUT2D eigenvalue weighted by Crippen LogP contribution is -2.29. The predicted molar refractivity (Wildman–Crippen MR) is 114 cm³/mol. The summed E-state index contributed by atoms with van der Waals surface area (Å²) in [5.74, 6) is 2.10. The summed E-state index contributed by atoms with van der Waals surface area (Å²) < 4.78 is 38.7. The van der Waals surface area contributed by atoms with Crippen LogP contribution >= 0.6 is 0 Å². The van der Waals surface area contributed by atoms with Crippen LogP contribution in [-0.4, -0.2) is 53.4 Å². The van der Waals surface area contributed by atoms with Gasteiger partial charge in [-0.1, -0.05) is 23.4 Å². The molecule has 0 saturated carbocycles. The van der Waals surface area contributed by atoms with Crippen molar-refractivity contribution < 1.29 is 27.5 Å². The minimum atomic E-state index is -2.91. The van der Waals surface area contributed by atoms with Crippen LogP contribution in [0.4, 0.5) is 0 Å². The largest absolute Gasteiger partial charge is 0.493 e. The van der Waals surface area contributed by atoms with Crippen LogP contribution in [0.3, 0.4) is 0 Å². The van der Waals surface area contributed by atoms with E-state index in [0.717, 1.165) is 42.7 Å². The topological polar surface area (TPSA) is 95.5 Å². The maximum absolute atomic E-state index is 9.89. The van der Waals surface area contributed by atoms with Crippen LogP contribution in [0.1, 0.15) is 18.4 Å². The first-order valence-electron chi connectivity index (χ1n) is 9.47. The summed E-state index contributed by atoms with van der Waals surface area (Å²) in [5, 5.41) is 4.29. The molecule has 8 nitrogen and oxygen atoms in total. The molecule has 1 spiro atoms. The van der Waals surface area contributed by atoms with Crippen molar-refractivity contribution in [2.75, 3.05) is 33.6 Å². The summed E-state index contributed by atoms with van der Waals surface area (Å²) in [6.45, 7) is 1.33. The first-order chi connectivity index (χ1) is 14.3. The number of methoxy groups -OCH3 is 1. The molecule has 0 radical (unpaired) electrons. The van der Waals surface area contributed by atoms with Gasteiger partial charge in [0.2, 0.25) is 10.0 Å². The van der Waals surface area contributed by atoms with Crippen molar-refractivity contribution in [3.05, 3.63) is 54.1 Å². The SMILES string of the molecule is CNS(C)(=O)=O.COc1ccc(C2=NOC3(CCOC3)C2)cc1Oc1ccccc1. The molecule has 1 fully saturated rings. The van der Waals surface area contributed by atoms with Gasteiger partial charge in [-0.05, 0) is 37.4 Å². The van der Waals surface area contributed by atoms with E-state index in [2.05, 4.69) is 9.88 Å². The van der Waals surface area contributed by atoms with Crippen LogP contribution in [0.15, 0.2) is 53.7 Å². The van der Waals surface area contributed by atoms with Gasteiger partial charge in [0.1, 0.15) is 5.75 Å². The fraction of sp³-hybridized carbons (Fsp3) is 0.381. The van der Waals surface area contributed by atoms with Crippen LogP contribution in [0.5, 0.6) is 17.2 Å². The van der Waals surface area contributed by atoms with E-state index < -0.39 is 10.0 Å². The molecule has 162 valence electrons. The molecule has 2 aromatic carbocycles. The van der Waals surface area contributed by atoms with Crippen molar-refractivity contribution in [3.63, 3.8) is 0 Å². The average Bonchev–Trinajstić information content (AvgIpc) is 3.38. The molecule has 0 aliphatic carbocycles. The summed E-state index contributed by atoms with van der Waals surface area (Å²) in [5.41, 5.74) is 1.61. The highest BCUT2D eigenvalue weighted by molar-refractivity contribution is 7.88. The van der Waals surface area contributed by atoms with Crippen LogP contribution in [0, 0.1) is 0 Å². The third-order valence-corrected chi connectivity index (χ3v) is 5.49. The van der Waals surface area contributed by atoms with Gasteiger partial charge >= 0.3 is 0 Å². The van der Waals surface area contributed by atoms with Crippen molar-refractivity contribution in [2.24, 2.45) is 5.16 Å². The third-order valence-electron chi connectivity index (χ3n) is 4.74. The lowest BCUT2D eigenvalue weighted by atomic mass is 9.93. The Balaban J connectivity index is 0.000000377. The monoisotopic (exact) mass is 434 g/mol. The first-order valence-corrected chi connectivity index (χ1v) is 11.4. The zero-order valence-corrected chi connectivity index (χ0v) is 18.1. The quantitative estimate of drug-likeness (QED) is 0.777. The Morgan fingerprint density at radius 1 is 1.13 bits per heavy atom. The second-order valence-electron chi connectivity index (χ2n) is 7.05. The number of ether oxygens (including phenoxy) is 3. The molecule has 0 bridgehead atoms. The lowest BCUT2D eigenvalue weighted by Gasteiger charge is -2.17. The summed E-state index contributed by atoms with van der Waals surface area (Å²) in [4.78, 5) is 5.67. The molecule has 2 heterocycles. The Labute approximate surface area is 176 Å². The fourth-order valence-corrected chi connectivity index (χ4v) is 3.03. The maximum atomic E-state index is 9.89. The van der Waals surface area contributed by atoms with Gasteiger partial charge in [0.05, 0.1) is 32.3 Å². The van der Waals surface area contributed by atoms with E-state index in [1.807, 2.05) is 48.5 Å². The molecular weight excluding hydrogens is 408 g/mol. The van der Waals surface area contributed by atoms with Crippen LogP contribution in [0.25, 0.3) is 0 Å². The highest BCUT2D eigenvalue weighted by Gasteiger charge is 2.43. The Hall–Kier alpha value is -2.62. The summed E-state index contributed by atoms with van der Waals surface area (Å²) in [6, 6.07) is 15.5. The van der Waals surface area contributed by atoms with E-state index >= 15 is 0 Å². The summed E-state index contributed by atoms with van der Waals surface area (Å²) >= 11 is 0. The van der Waals surface area contributed by atoms with Gasteiger partial charge in [-0.3, -0.25) is 0 Å². The van der Waals surface area contributed by atoms with Crippen molar-refractivity contribution in [1.29, 1.82) is 0 Å². The molecule has 2 aromatic rings. The molecule has 30 heavy (non-hydrogen) atoms.